The fraction of sp³-hybridized carbons (Fsp3) is 0.692. The van der Waals surface area contributed by atoms with Crippen LogP contribution in [0, 0.1) is 11.3 Å². The van der Waals surface area contributed by atoms with Crippen molar-refractivity contribution in [2.75, 3.05) is 39.3 Å². The van der Waals surface area contributed by atoms with Gasteiger partial charge in [0, 0.05) is 38.9 Å². The first-order valence-corrected chi connectivity index (χ1v) is 6.57. The van der Waals surface area contributed by atoms with Gasteiger partial charge in [0.1, 0.15) is 11.6 Å². The maximum atomic E-state index is 11.7. The molecule has 0 radical (unpaired) electrons. The van der Waals surface area contributed by atoms with Crippen molar-refractivity contribution in [3.63, 3.8) is 0 Å². The molecule has 0 aliphatic carbocycles. The van der Waals surface area contributed by atoms with Gasteiger partial charge < -0.3 is 15.1 Å². The zero-order chi connectivity index (χ0) is 13.4. The summed E-state index contributed by atoms with van der Waals surface area (Å²) in [4.78, 5) is 16.1. The van der Waals surface area contributed by atoms with Crippen LogP contribution < -0.4 is 5.32 Å². The second-order valence-corrected chi connectivity index (χ2v) is 4.38. The van der Waals surface area contributed by atoms with E-state index in [9.17, 15) is 4.79 Å². The molecule has 1 aliphatic heterocycles. The predicted octanol–water partition coefficient (Wildman–Crippen LogP) is 0.558. The summed E-state index contributed by atoms with van der Waals surface area (Å²) in [6, 6.07) is 1.98. The molecule has 0 bridgehead atoms. The summed E-state index contributed by atoms with van der Waals surface area (Å²) in [5, 5.41) is 11.7. The quantitative estimate of drug-likeness (QED) is 0.572. The second kappa shape index (κ2) is 7.72. The topological polar surface area (TPSA) is 59.4 Å². The molecule has 0 aromatic rings. The third-order valence-electron chi connectivity index (χ3n) is 3.07. The van der Waals surface area contributed by atoms with Gasteiger partial charge in [-0.05, 0) is 13.0 Å². The van der Waals surface area contributed by atoms with Gasteiger partial charge in [0.05, 0.1) is 0 Å². The number of rotatable bonds is 5. The van der Waals surface area contributed by atoms with Crippen molar-refractivity contribution >= 4 is 5.91 Å². The molecule has 1 aliphatic rings. The number of nitrogens with one attached hydrogen (secondary N) is 1. The van der Waals surface area contributed by atoms with E-state index in [4.69, 9.17) is 5.26 Å². The van der Waals surface area contributed by atoms with E-state index in [1.807, 2.05) is 13.0 Å². The number of nitriles is 1. The summed E-state index contributed by atoms with van der Waals surface area (Å²) in [7, 11) is 0. The third kappa shape index (κ3) is 4.38. The molecule has 0 aromatic heterocycles. The Morgan fingerprint density at radius 1 is 1.33 bits per heavy atom. The van der Waals surface area contributed by atoms with Crippen LogP contribution in [0.2, 0.25) is 0 Å². The molecule has 5 nitrogen and oxygen atoms in total. The van der Waals surface area contributed by atoms with Gasteiger partial charge in [-0.3, -0.25) is 4.79 Å². The smallest absolute Gasteiger partial charge is 0.263 e. The molecule has 0 saturated carbocycles. The summed E-state index contributed by atoms with van der Waals surface area (Å²) < 4.78 is 0. The highest BCUT2D eigenvalue weighted by molar-refractivity contribution is 5.97. The summed E-state index contributed by atoms with van der Waals surface area (Å²) in [6.45, 7) is 9.52. The highest BCUT2D eigenvalue weighted by Crippen LogP contribution is 2.04. The summed E-state index contributed by atoms with van der Waals surface area (Å²) >= 11 is 0. The van der Waals surface area contributed by atoms with Crippen molar-refractivity contribution in [3.8, 4) is 6.07 Å². The Hall–Kier alpha value is -1.54. The Kier molecular flexibility index (Phi) is 6.23. The van der Waals surface area contributed by atoms with Gasteiger partial charge in [0.25, 0.3) is 5.91 Å². The van der Waals surface area contributed by atoms with Gasteiger partial charge in [-0.15, -0.1) is 0 Å². The minimum Gasteiger partial charge on any atom is -0.374 e. The van der Waals surface area contributed by atoms with Crippen LogP contribution in [0.25, 0.3) is 0 Å². The Morgan fingerprint density at radius 3 is 2.50 bits per heavy atom. The van der Waals surface area contributed by atoms with Crippen molar-refractivity contribution in [2.45, 2.75) is 20.3 Å². The average molecular weight is 250 g/mol. The Bertz CT molecular complexity index is 337. The molecule has 0 aromatic carbocycles. The lowest BCUT2D eigenvalue weighted by atomic mass is 10.2. The van der Waals surface area contributed by atoms with Crippen LogP contribution in [-0.2, 0) is 4.79 Å². The third-order valence-corrected chi connectivity index (χ3v) is 3.07. The number of carbonyl (C=O) groups excluding carboxylic acids is 1. The van der Waals surface area contributed by atoms with E-state index in [-0.39, 0.29) is 11.5 Å². The highest BCUT2D eigenvalue weighted by atomic mass is 16.1. The molecular weight excluding hydrogens is 228 g/mol. The molecule has 18 heavy (non-hydrogen) atoms. The molecule has 1 heterocycles. The van der Waals surface area contributed by atoms with Gasteiger partial charge >= 0.3 is 0 Å². The normalized spacial score (nSPS) is 17.4. The fourth-order valence-electron chi connectivity index (χ4n) is 1.86. The van der Waals surface area contributed by atoms with Gasteiger partial charge in [0.2, 0.25) is 0 Å². The summed E-state index contributed by atoms with van der Waals surface area (Å²) in [5.74, 6) is -0.266. The van der Waals surface area contributed by atoms with E-state index in [0.717, 1.165) is 39.1 Å². The second-order valence-electron chi connectivity index (χ2n) is 4.38. The molecule has 0 atom stereocenters. The van der Waals surface area contributed by atoms with Crippen molar-refractivity contribution in [1.29, 1.82) is 5.26 Å². The SMILES string of the molecule is CCCNC(=O)/C(C#N)=C\N1CCN(CC)CC1. The zero-order valence-electron chi connectivity index (χ0n) is 11.3. The van der Waals surface area contributed by atoms with Crippen LogP contribution in [0.4, 0.5) is 0 Å². The lowest BCUT2D eigenvalue weighted by molar-refractivity contribution is -0.117. The predicted molar refractivity (Wildman–Crippen MR) is 70.7 cm³/mol. The first-order valence-electron chi connectivity index (χ1n) is 6.57. The van der Waals surface area contributed by atoms with E-state index in [1.54, 1.807) is 6.20 Å². The molecule has 1 rings (SSSR count). The first-order chi connectivity index (χ1) is 8.71. The monoisotopic (exact) mass is 250 g/mol. The van der Waals surface area contributed by atoms with Gasteiger partial charge in [-0.1, -0.05) is 13.8 Å². The number of nitrogens with zero attached hydrogens (tertiary/aromatic N) is 3. The van der Waals surface area contributed by atoms with Gasteiger partial charge in [-0.2, -0.15) is 5.26 Å². The molecular formula is C13H22N4O. The number of likely N-dealkylation sites (N-methyl/N-ethyl adjacent to an activating group) is 1. The van der Waals surface area contributed by atoms with Crippen molar-refractivity contribution in [2.24, 2.45) is 0 Å². The van der Waals surface area contributed by atoms with E-state index in [1.165, 1.54) is 0 Å². The number of amides is 1. The number of hydrogen-bond donors (Lipinski definition) is 1. The summed E-state index contributed by atoms with van der Waals surface area (Å²) in [6.07, 6.45) is 2.57. The Labute approximate surface area is 109 Å². The van der Waals surface area contributed by atoms with Crippen LogP contribution >= 0.6 is 0 Å². The van der Waals surface area contributed by atoms with Crippen LogP contribution in [0.3, 0.4) is 0 Å². The van der Waals surface area contributed by atoms with Crippen LogP contribution in [0.15, 0.2) is 11.8 Å². The fourth-order valence-corrected chi connectivity index (χ4v) is 1.86. The molecule has 0 unspecified atom stereocenters. The maximum absolute atomic E-state index is 11.7. The minimum atomic E-state index is -0.266. The molecule has 100 valence electrons. The number of piperazine rings is 1. The molecule has 1 N–H and O–H groups in total. The van der Waals surface area contributed by atoms with Crippen molar-refractivity contribution in [1.82, 2.24) is 15.1 Å². The van der Waals surface area contributed by atoms with Crippen LogP contribution in [0.1, 0.15) is 20.3 Å². The Morgan fingerprint density at radius 2 is 2.00 bits per heavy atom. The maximum Gasteiger partial charge on any atom is 0.263 e. The van der Waals surface area contributed by atoms with E-state index < -0.39 is 0 Å². The standard InChI is InChI=1S/C13H22N4O/c1-3-5-15-13(18)12(10-14)11-17-8-6-16(4-2)7-9-17/h11H,3-9H2,1-2H3,(H,15,18)/b12-11-. The van der Waals surface area contributed by atoms with Crippen LogP contribution in [-0.4, -0.2) is 55.0 Å². The molecule has 0 spiro atoms. The first kappa shape index (κ1) is 14.5. The largest absolute Gasteiger partial charge is 0.374 e. The lowest BCUT2D eigenvalue weighted by Crippen LogP contribution is -2.44. The molecule has 1 fully saturated rings. The van der Waals surface area contributed by atoms with Crippen molar-refractivity contribution in [3.05, 3.63) is 11.8 Å². The van der Waals surface area contributed by atoms with Gasteiger partial charge in [0.15, 0.2) is 0 Å². The number of hydrogen-bond acceptors (Lipinski definition) is 4. The summed E-state index contributed by atoms with van der Waals surface area (Å²) in [5.41, 5.74) is 0.202. The van der Waals surface area contributed by atoms with E-state index >= 15 is 0 Å². The van der Waals surface area contributed by atoms with E-state index in [2.05, 4.69) is 22.0 Å². The highest BCUT2D eigenvalue weighted by Gasteiger charge is 2.15. The average Bonchev–Trinajstić information content (AvgIpc) is 2.42. The number of carbonyl (C=O) groups is 1. The van der Waals surface area contributed by atoms with Crippen LogP contribution in [0.5, 0.6) is 0 Å². The molecule has 5 heteroatoms. The zero-order valence-corrected chi connectivity index (χ0v) is 11.3. The lowest BCUT2D eigenvalue weighted by Gasteiger charge is -2.33. The van der Waals surface area contributed by atoms with E-state index in [0.29, 0.717) is 6.54 Å². The van der Waals surface area contributed by atoms with Gasteiger partial charge in [-0.25, -0.2) is 0 Å². The minimum absolute atomic E-state index is 0.202. The molecule has 1 saturated heterocycles. The Balaban J connectivity index is 2.52. The molecule has 1 amide bonds. The van der Waals surface area contributed by atoms with Crippen molar-refractivity contribution < 1.29 is 4.79 Å².